The topological polar surface area (TPSA) is 139 Å². The Morgan fingerprint density at radius 3 is 1.36 bits per heavy atom. The Balaban J connectivity index is 1.42. The predicted molar refractivity (Wildman–Crippen MR) is 176 cm³/mol. The molecule has 0 N–H and O–H groups in total. The highest BCUT2D eigenvalue weighted by molar-refractivity contribution is 5.96. The van der Waals surface area contributed by atoms with Crippen molar-refractivity contribution >= 4 is 44.9 Å². The van der Waals surface area contributed by atoms with Gasteiger partial charge in [0.25, 0.3) is 11.4 Å². The molecule has 47 heavy (non-hydrogen) atoms. The number of ether oxygens (including phenoxy) is 2. The van der Waals surface area contributed by atoms with Gasteiger partial charge in [-0.25, -0.2) is 9.59 Å². The maximum absolute atomic E-state index is 13.4. The quantitative estimate of drug-likeness (QED) is 0.0710. The third kappa shape index (κ3) is 6.12. The lowest BCUT2D eigenvalue weighted by atomic mass is 9.93. The van der Waals surface area contributed by atoms with Gasteiger partial charge in [0.2, 0.25) is 0 Å². The number of benzene rings is 6. The molecule has 0 atom stereocenters. The summed E-state index contributed by atoms with van der Waals surface area (Å²) in [6, 6.07) is 30.4. The molecule has 0 unspecified atom stereocenters. The van der Waals surface area contributed by atoms with E-state index in [-0.39, 0.29) is 40.4 Å². The lowest BCUT2D eigenvalue weighted by Crippen LogP contribution is -2.12. The first-order chi connectivity index (χ1) is 22.6. The van der Waals surface area contributed by atoms with Crippen molar-refractivity contribution in [3.05, 3.63) is 163 Å². The zero-order valence-electron chi connectivity index (χ0n) is 25.3. The van der Waals surface area contributed by atoms with Crippen LogP contribution in [0.25, 0.3) is 21.5 Å². The van der Waals surface area contributed by atoms with Gasteiger partial charge in [-0.3, -0.25) is 20.2 Å². The number of fused-ring (bicyclic) bond motifs is 2. The van der Waals surface area contributed by atoms with E-state index in [2.05, 4.69) is 0 Å². The minimum Gasteiger partial charge on any atom is -0.423 e. The van der Waals surface area contributed by atoms with Crippen LogP contribution < -0.4 is 9.47 Å². The van der Waals surface area contributed by atoms with Gasteiger partial charge in [0.1, 0.15) is 11.5 Å². The van der Waals surface area contributed by atoms with Gasteiger partial charge in [0, 0.05) is 40.8 Å². The first-order valence-corrected chi connectivity index (χ1v) is 14.6. The van der Waals surface area contributed by atoms with Gasteiger partial charge in [-0.2, -0.15) is 0 Å². The van der Waals surface area contributed by atoms with Gasteiger partial charge < -0.3 is 9.47 Å². The maximum atomic E-state index is 13.4. The molecule has 6 rings (SSSR count). The van der Waals surface area contributed by atoms with Gasteiger partial charge in [-0.05, 0) is 71.8 Å². The summed E-state index contributed by atoms with van der Waals surface area (Å²) in [6.45, 7) is 3.11. The molecule has 0 fully saturated rings. The van der Waals surface area contributed by atoms with E-state index in [4.69, 9.17) is 9.47 Å². The van der Waals surface area contributed by atoms with Crippen LogP contribution in [-0.2, 0) is 6.42 Å². The fraction of sp³-hybridized carbons (Fsp3) is 0.0811. The fourth-order valence-corrected chi connectivity index (χ4v) is 5.66. The average Bonchev–Trinajstić information content (AvgIpc) is 3.06. The van der Waals surface area contributed by atoms with Crippen LogP contribution >= 0.6 is 0 Å². The van der Waals surface area contributed by atoms with Gasteiger partial charge >= 0.3 is 11.9 Å². The molecular weight excluding hydrogens is 600 g/mol. The standard InChI is InChI=1S/C37H26N2O8/c1-22-19-26(11-15-32(22)38(42)43)36(40)46-34-17-13-24-7-3-5-9-28(24)30(34)21-31-29-10-6-4-8-25(29)14-18-35(31)47-37(41)27-12-16-33(39(44)45)23(2)20-27/h3-20H,21H2,1-2H3. The zero-order valence-corrected chi connectivity index (χ0v) is 25.3. The lowest BCUT2D eigenvalue weighted by Gasteiger charge is -2.17. The van der Waals surface area contributed by atoms with E-state index >= 15 is 0 Å². The number of hydrogen-bond acceptors (Lipinski definition) is 8. The minimum absolute atomic E-state index is 0.102. The number of carbonyl (C=O) groups excluding carboxylic acids is 2. The van der Waals surface area contributed by atoms with Crippen molar-refractivity contribution in [3.63, 3.8) is 0 Å². The minimum atomic E-state index is -0.683. The van der Waals surface area contributed by atoms with E-state index in [1.807, 2.05) is 60.7 Å². The Labute approximate surface area is 268 Å². The number of esters is 2. The molecule has 0 radical (unpaired) electrons. The highest BCUT2D eigenvalue weighted by atomic mass is 16.6. The van der Waals surface area contributed by atoms with Crippen molar-refractivity contribution < 1.29 is 28.9 Å². The molecule has 232 valence electrons. The summed E-state index contributed by atoms with van der Waals surface area (Å²) < 4.78 is 11.9. The van der Waals surface area contributed by atoms with Crippen molar-refractivity contribution in [1.82, 2.24) is 0 Å². The number of nitro benzene ring substituents is 2. The number of rotatable bonds is 8. The largest absolute Gasteiger partial charge is 0.423 e. The first kappa shape index (κ1) is 30.6. The molecular formula is C37H26N2O8. The summed E-state index contributed by atoms with van der Waals surface area (Å²) in [5.41, 5.74) is 2.09. The van der Waals surface area contributed by atoms with Crippen LogP contribution in [0.4, 0.5) is 11.4 Å². The van der Waals surface area contributed by atoms with Gasteiger partial charge in [-0.1, -0.05) is 60.7 Å². The molecule has 0 amide bonds. The van der Waals surface area contributed by atoms with Crippen LogP contribution in [0.2, 0.25) is 0 Å². The van der Waals surface area contributed by atoms with Crippen LogP contribution in [0.15, 0.2) is 109 Å². The lowest BCUT2D eigenvalue weighted by molar-refractivity contribution is -0.385. The molecule has 0 aromatic heterocycles. The van der Waals surface area contributed by atoms with Crippen molar-refractivity contribution in [2.24, 2.45) is 0 Å². The maximum Gasteiger partial charge on any atom is 0.343 e. The molecule has 10 nitrogen and oxygen atoms in total. The van der Waals surface area contributed by atoms with Crippen molar-refractivity contribution in [1.29, 1.82) is 0 Å². The second-order valence-electron chi connectivity index (χ2n) is 11.0. The van der Waals surface area contributed by atoms with Crippen molar-refractivity contribution in [3.8, 4) is 11.5 Å². The van der Waals surface area contributed by atoms with Gasteiger partial charge in [-0.15, -0.1) is 0 Å². The first-order valence-electron chi connectivity index (χ1n) is 14.6. The van der Waals surface area contributed by atoms with Crippen LogP contribution in [0.5, 0.6) is 11.5 Å². The molecule has 10 heteroatoms. The number of nitrogens with zero attached hydrogens (tertiary/aromatic N) is 2. The van der Waals surface area contributed by atoms with Crippen molar-refractivity contribution in [2.75, 3.05) is 0 Å². The van der Waals surface area contributed by atoms with E-state index in [1.165, 1.54) is 36.4 Å². The Hall–Kier alpha value is -6.42. The normalized spacial score (nSPS) is 10.9. The predicted octanol–water partition coefficient (Wildman–Crippen LogP) is 8.46. The molecule has 0 aliphatic rings. The highest BCUT2D eigenvalue weighted by Gasteiger charge is 2.22. The molecule has 0 aliphatic heterocycles. The molecule has 6 aromatic rings. The van der Waals surface area contributed by atoms with E-state index in [9.17, 15) is 29.8 Å². The smallest absolute Gasteiger partial charge is 0.343 e. The molecule has 0 saturated carbocycles. The fourth-order valence-electron chi connectivity index (χ4n) is 5.66. The molecule has 0 spiro atoms. The third-order valence-electron chi connectivity index (χ3n) is 8.01. The molecule has 6 aromatic carbocycles. The Morgan fingerprint density at radius 1 is 0.574 bits per heavy atom. The van der Waals surface area contributed by atoms with E-state index in [0.717, 1.165) is 21.5 Å². The van der Waals surface area contributed by atoms with Crippen LogP contribution in [0, 0.1) is 34.1 Å². The summed E-state index contributed by atoms with van der Waals surface area (Å²) >= 11 is 0. The van der Waals surface area contributed by atoms with Crippen LogP contribution in [-0.4, -0.2) is 21.8 Å². The number of carbonyl (C=O) groups is 2. The van der Waals surface area contributed by atoms with Gasteiger partial charge in [0.05, 0.1) is 21.0 Å². The third-order valence-corrected chi connectivity index (χ3v) is 8.01. The van der Waals surface area contributed by atoms with Crippen LogP contribution in [0.3, 0.4) is 0 Å². The van der Waals surface area contributed by atoms with E-state index < -0.39 is 21.8 Å². The van der Waals surface area contributed by atoms with Gasteiger partial charge in [0.15, 0.2) is 0 Å². The Morgan fingerprint density at radius 2 is 0.979 bits per heavy atom. The molecule has 0 aliphatic carbocycles. The molecule has 0 bridgehead atoms. The number of nitro groups is 2. The summed E-state index contributed by atoms with van der Waals surface area (Å²) in [6.07, 6.45) is 0.201. The van der Waals surface area contributed by atoms with E-state index in [0.29, 0.717) is 22.3 Å². The van der Waals surface area contributed by atoms with E-state index in [1.54, 1.807) is 26.0 Å². The second kappa shape index (κ2) is 12.5. The van der Waals surface area contributed by atoms with Crippen LogP contribution in [0.1, 0.15) is 43.0 Å². The highest BCUT2D eigenvalue weighted by Crippen LogP contribution is 2.37. The molecule has 0 saturated heterocycles. The number of hydrogen-bond donors (Lipinski definition) is 0. The number of aryl methyl sites for hydroxylation is 2. The average molecular weight is 627 g/mol. The Bertz CT molecular complexity index is 2100. The summed E-state index contributed by atoms with van der Waals surface area (Å²) in [5.74, 6) is -0.808. The zero-order chi connectivity index (χ0) is 33.2. The Kier molecular flexibility index (Phi) is 8.15. The van der Waals surface area contributed by atoms with Crippen molar-refractivity contribution in [2.45, 2.75) is 20.3 Å². The summed E-state index contributed by atoms with van der Waals surface area (Å²) in [5, 5.41) is 26.0. The SMILES string of the molecule is Cc1cc(C(=O)Oc2ccc3ccccc3c2Cc2c(OC(=O)c3ccc([N+](=O)[O-])c(C)c3)ccc3ccccc23)ccc1[N+](=O)[O-]. The second-order valence-corrected chi connectivity index (χ2v) is 11.0. The summed E-state index contributed by atoms with van der Waals surface area (Å²) in [7, 11) is 0. The molecule has 0 heterocycles. The summed E-state index contributed by atoms with van der Waals surface area (Å²) in [4.78, 5) is 48.3. The monoisotopic (exact) mass is 626 g/mol.